The monoisotopic (exact) mass is 781 g/mol. The highest BCUT2D eigenvalue weighted by Gasteiger charge is 2.62. The van der Waals surface area contributed by atoms with E-state index in [4.69, 9.17) is 9.47 Å². The van der Waals surface area contributed by atoms with Crippen molar-refractivity contribution >= 4 is 39.9 Å². The first kappa shape index (κ1) is 39.3. The van der Waals surface area contributed by atoms with E-state index < -0.39 is 86.6 Å². The van der Waals surface area contributed by atoms with Crippen LogP contribution in [-0.2, 0) is 46.8 Å². The third-order valence-corrected chi connectivity index (χ3v) is 12.6. The van der Waals surface area contributed by atoms with E-state index in [1.54, 1.807) is 6.08 Å². The zero-order chi connectivity index (χ0) is 39.1. The summed E-state index contributed by atoms with van der Waals surface area (Å²) in [5.41, 5.74) is -2.46. The summed E-state index contributed by atoms with van der Waals surface area (Å²) in [6.45, 7) is 1.70. The van der Waals surface area contributed by atoms with Gasteiger partial charge in [0, 0.05) is 25.4 Å². The van der Waals surface area contributed by atoms with Crippen LogP contribution in [-0.4, -0.2) is 102 Å². The molecule has 1 saturated heterocycles. The number of ether oxygens (including phenoxy) is 2. The summed E-state index contributed by atoms with van der Waals surface area (Å²) in [6.07, 6.45) is -1.07. The molecular weight excluding hydrogens is 735 g/mol. The highest BCUT2D eigenvalue weighted by Crippen LogP contribution is 2.46. The molecule has 14 nitrogen and oxygen atoms in total. The molecule has 3 heterocycles. The summed E-state index contributed by atoms with van der Waals surface area (Å²) in [5, 5.41) is 4.29. The predicted octanol–water partition coefficient (Wildman–Crippen LogP) is 3.59. The maximum absolute atomic E-state index is 14.3. The number of nitrogens with one attached hydrogen (secondary N) is 3. The van der Waals surface area contributed by atoms with E-state index in [1.165, 1.54) is 4.90 Å². The van der Waals surface area contributed by atoms with Crippen molar-refractivity contribution in [3.8, 4) is 0 Å². The minimum Gasteiger partial charge on any atom is -0.444 e. The molecule has 18 heteroatoms. The molecule has 5 aliphatic rings. The summed E-state index contributed by atoms with van der Waals surface area (Å²) in [6, 6.07) is 4.88. The minimum atomic E-state index is -4.91. The van der Waals surface area contributed by atoms with Gasteiger partial charge in [0.25, 0.3) is 5.91 Å². The number of hydrogen-bond acceptors (Lipinski definition) is 9. The SMILES string of the molecule is CC(C)(OC(=O)N[C@H]1CCCCCC=C[C@@H]2C[C@@]2(C(=O)NS(=O)(=O)C2CC2)NC(=O)[C@@H]2C[C@@H](OC(=O)N3CCc4ccccc4C3)CN2C1=O)C(F)(F)F. The van der Waals surface area contributed by atoms with Crippen LogP contribution in [0.25, 0.3) is 0 Å². The molecule has 3 N–H and O–H groups in total. The Morgan fingerprint density at radius 1 is 1.02 bits per heavy atom. The lowest BCUT2D eigenvalue weighted by atomic mass is 10.0. The van der Waals surface area contributed by atoms with Crippen molar-refractivity contribution in [2.24, 2.45) is 5.92 Å². The van der Waals surface area contributed by atoms with Gasteiger partial charge in [-0.1, -0.05) is 49.3 Å². The van der Waals surface area contributed by atoms with E-state index in [0.717, 1.165) is 16.0 Å². The maximum atomic E-state index is 14.3. The molecule has 2 aliphatic carbocycles. The van der Waals surface area contributed by atoms with Crippen molar-refractivity contribution in [2.75, 3.05) is 13.1 Å². The summed E-state index contributed by atoms with van der Waals surface area (Å²) in [4.78, 5) is 70.9. The topological polar surface area (TPSA) is 181 Å². The van der Waals surface area contributed by atoms with E-state index in [1.807, 2.05) is 30.3 Å². The maximum Gasteiger partial charge on any atom is 0.427 e. The molecule has 0 unspecified atom stereocenters. The highest BCUT2D eigenvalue weighted by atomic mass is 32.2. The normalized spacial score (nSPS) is 27.9. The largest absolute Gasteiger partial charge is 0.444 e. The van der Waals surface area contributed by atoms with Gasteiger partial charge in [-0.3, -0.25) is 19.1 Å². The molecule has 1 aromatic carbocycles. The number of halogens is 3. The second-order valence-electron chi connectivity index (χ2n) is 15.3. The first-order chi connectivity index (χ1) is 25.4. The number of sulfonamides is 1. The van der Waals surface area contributed by atoms with Crippen LogP contribution < -0.4 is 15.4 Å². The zero-order valence-corrected chi connectivity index (χ0v) is 31.0. The summed E-state index contributed by atoms with van der Waals surface area (Å²) >= 11 is 0. The number of hydrogen-bond donors (Lipinski definition) is 3. The van der Waals surface area contributed by atoms with Crippen LogP contribution in [0.1, 0.15) is 82.8 Å². The fraction of sp³-hybridized carbons (Fsp3) is 0.639. The molecule has 0 bridgehead atoms. The molecule has 54 heavy (non-hydrogen) atoms. The Hall–Kier alpha value is -4.35. The van der Waals surface area contributed by atoms with Crippen LogP contribution in [0.5, 0.6) is 0 Å². The van der Waals surface area contributed by atoms with Crippen molar-refractivity contribution < 1.29 is 55.0 Å². The molecule has 3 aliphatic heterocycles. The van der Waals surface area contributed by atoms with E-state index in [0.29, 0.717) is 65.3 Å². The van der Waals surface area contributed by atoms with Gasteiger partial charge in [-0.05, 0) is 69.9 Å². The smallest absolute Gasteiger partial charge is 0.427 e. The van der Waals surface area contributed by atoms with Gasteiger partial charge in [-0.15, -0.1) is 0 Å². The van der Waals surface area contributed by atoms with Gasteiger partial charge < -0.3 is 29.9 Å². The second-order valence-corrected chi connectivity index (χ2v) is 17.3. The Bertz CT molecular complexity index is 1800. The first-order valence-corrected chi connectivity index (χ1v) is 19.9. The number of alkyl carbamates (subject to hydrolysis) is 1. The van der Waals surface area contributed by atoms with Gasteiger partial charge in [-0.2, -0.15) is 13.2 Å². The van der Waals surface area contributed by atoms with Gasteiger partial charge >= 0.3 is 18.4 Å². The number of benzene rings is 1. The average Bonchev–Trinajstić information content (AvgIpc) is 4.03. The third-order valence-electron chi connectivity index (χ3n) is 10.8. The molecule has 0 aromatic heterocycles. The molecule has 3 fully saturated rings. The van der Waals surface area contributed by atoms with Crippen molar-refractivity contribution in [2.45, 2.75) is 125 Å². The number of allylic oxidation sites excluding steroid dienone is 1. The van der Waals surface area contributed by atoms with Crippen LogP contribution in [0, 0.1) is 5.92 Å². The lowest BCUT2D eigenvalue weighted by Crippen LogP contribution is -2.58. The van der Waals surface area contributed by atoms with Gasteiger partial charge in [0.1, 0.15) is 23.7 Å². The number of carbonyl (C=O) groups excluding carboxylic acids is 5. The van der Waals surface area contributed by atoms with Crippen molar-refractivity contribution in [3.63, 3.8) is 0 Å². The molecular formula is C36H46F3N5O9S. The van der Waals surface area contributed by atoms with Crippen LogP contribution in [0.3, 0.4) is 0 Å². The van der Waals surface area contributed by atoms with Crippen molar-refractivity contribution in [3.05, 3.63) is 47.5 Å². The summed E-state index contributed by atoms with van der Waals surface area (Å²) in [7, 11) is -3.97. The predicted molar refractivity (Wildman–Crippen MR) is 186 cm³/mol. The second kappa shape index (κ2) is 15.1. The van der Waals surface area contributed by atoms with Crippen LogP contribution >= 0.6 is 0 Å². The fourth-order valence-electron chi connectivity index (χ4n) is 7.18. The Labute approximate surface area is 311 Å². The molecule has 296 valence electrons. The number of rotatable bonds is 6. The third kappa shape index (κ3) is 8.62. The van der Waals surface area contributed by atoms with Crippen LogP contribution in [0.2, 0.25) is 0 Å². The average molecular weight is 782 g/mol. The van der Waals surface area contributed by atoms with Gasteiger partial charge in [0.05, 0.1) is 11.8 Å². The number of alkyl halides is 3. The number of amides is 5. The van der Waals surface area contributed by atoms with Gasteiger partial charge in [-0.25, -0.2) is 18.0 Å². The van der Waals surface area contributed by atoms with Crippen molar-refractivity contribution in [1.29, 1.82) is 0 Å². The van der Waals surface area contributed by atoms with Gasteiger partial charge in [0.15, 0.2) is 0 Å². The van der Waals surface area contributed by atoms with Crippen LogP contribution in [0.4, 0.5) is 22.8 Å². The zero-order valence-electron chi connectivity index (χ0n) is 30.2. The standard InChI is InChI=1S/C36H46F3N5O9S/c1-34(2,36(37,38)39)53-32(48)40-27-13-7-5-3-4-6-12-24-19-35(24,31(47)42-54(50,51)26-14-15-26)41-29(45)28-18-25(21-44(28)30(27)46)52-33(49)43-17-16-22-10-8-9-11-23(22)20-43/h6,8-12,24-28H,3-5,7,13-21H2,1-2H3,(H,40,48)(H,41,45)(H,42,47)/t24-,25-,27+,28+,35-/m1/s1. The minimum absolute atomic E-state index is 0.000564. The summed E-state index contributed by atoms with van der Waals surface area (Å²) in [5.74, 6) is -3.08. The van der Waals surface area contributed by atoms with Crippen LogP contribution in [0.15, 0.2) is 36.4 Å². The Kier molecular flexibility index (Phi) is 11.0. The quantitative estimate of drug-likeness (QED) is 0.364. The van der Waals surface area contributed by atoms with E-state index >= 15 is 0 Å². The van der Waals surface area contributed by atoms with Crippen molar-refractivity contribution in [1.82, 2.24) is 25.2 Å². The lowest BCUT2D eigenvalue weighted by molar-refractivity contribution is -0.244. The molecule has 0 radical (unpaired) electrons. The van der Waals surface area contributed by atoms with E-state index in [2.05, 4.69) is 15.4 Å². The Balaban J connectivity index is 1.25. The van der Waals surface area contributed by atoms with E-state index in [9.17, 15) is 45.6 Å². The first-order valence-electron chi connectivity index (χ1n) is 18.3. The Morgan fingerprint density at radius 3 is 2.44 bits per heavy atom. The molecule has 5 atom stereocenters. The summed E-state index contributed by atoms with van der Waals surface area (Å²) < 4.78 is 78.8. The molecule has 6 rings (SSSR count). The van der Waals surface area contributed by atoms with E-state index in [-0.39, 0.29) is 32.4 Å². The fourth-order valence-corrected chi connectivity index (χ4v) is 8.54. The molecule has 1 aromatic rings. The number of carbonyl (C=O) groups is 5. The molecule has 0 spiro atoms. The number of fused-ring (bicyclic) bond motifs is 3. The number of nitrogens with zero attached hydrogens (tertiary/aromatic N) is 2. The lowest BCUT2D eigenvalue weighted by Gasteiger charge is -2.31. The van der Waals surface area contributed by atoms with Gasteiger partial charge in [0.2, 0.25) is 27.4 Å². The Morgan fingerprint density at radius 2 is 1.74 bits per heavy atom. The molecule has 5 amide bonds. The highest BCUT2D eigenvalue weighted by molar-refractivity contribution is 7.91. The molecule has 2 saturated carbocycles.